The average Bonchev–Trinajstić information content (AvgIpc) is 2.62. The smallest absolute Gasteiger partial charge is 0.253 e. The Morgan fingerprint density at radius 1 is 0.913 bits per heavy atom. The Balaban J connectivity index is 1.60. The highest BCUT2D eigenvalue weighted by Crippen LogP contribution is 2.34. The molecule has 2 aromatic rings. The van der Waals surface area contributed by atoms with E-state index in [4.69, 9.17) is 0 Å². The van der Waals surface area contributed by atoms with Gasteiger partial charge in [-0.3, -0.25) is 4.79 Å². The van der Waals surface area contributed by atoms with Crippen LogP contribution in [0.3, 0.4) is 0 Å². The van der Waals surface area contributed by atoms with Gasteiger partial charge in [0.15, 0.2) is 0 Å². The molecule has 0 unspecified atom stereocenters. The van der Waals surface area contributed by atoms with Crippen molar-refractivity contribution in [3.63, 3.8) is 0 Å². The summed E-state index contributed by atoms with van der Waals surface area (Å²) in [7, 11) is 1.95. The van der Waals surface area contributed by atoms with Crippen molar-refractivity contribution in [3.8, 4) is 0 Å². The summed E-state index contributed by atoms with van der Waals surface area (Å²) >= 11 is 0. The van der Waals surface area contributed by atoms with Crippen molar-refractivity contribution in [2.24, 2.45) is 0 Å². The van der Waals surface area contributed by atoms with Gasteiger partial charge in [0.05, 0.1) is 0 Å². The number of rotatable bonds is 3. The molecule has 1 fully saturated rings. The molecule has 0 bridgehead atoms. The van der Waals surface area contributed by atoms with E-state index in [1.54, 1.807) is 0 Å². The molecular weight excluding hydrogens is 282 g/mol. The highest BCUT2D eigenvalue weighted by molar-refractivity contribution is 5.94. The fourth-order valence-electron chi connectivity index (χ4n) is 3.59. The maximum Gasteiger partial charge on any atom is 0.253 e. The van der Waals surface area contributed by atoms with E-state index >= 15 is 0 Å². The molecule has 0 atom stereocenters. The van der Waals surface area contributed by atoms with Gasteiger partial charge in [0, 0.05) is 18.7 Å². The van der Waals surface area contributed by atoms with Crippen molar-refractivity contribution < 1.29 is 4.79 Å². The van der Waals surface area contributed by atoms with Gasteiger partial charge in [-0.25, -0.2) is 0 Å². The van der Waals surface area contributed by atoms with Crippen LogP contribution in [0.5, 0.6) is 0 Å². The molecule has 120 valence electrons. The Morgan fingerprint density at radius 3 is 2.13 bits per heavy atom. The van der Waals surface area contributed by atoms with Gasteiger partial charge in [-0.1, -0.05) is 48.0 Å². The second kappa shape index (κ2) is 6.99. The van der Waals surface area contributed by atoms with Crippen LogP contribution in [0, 0.1) is 6.92 Å². The number of nitrogens with zero attached hydrogens (tertiary/aromatic N) is 1. The summed E-state index contributed by atoms with van der Waals surface area (Å²) in [6.45, 7) is 2.04. The summed E-state index contributed by atoms with van der Waals surface area (Å²) in [5.41, 5.74) is 3.43. The van der Waals surface area contributed by atoms with Crippen LogP contribution in [0.15, 0.2) is 54.6 Å². The predicted molar refractivity (Wildman–Crippen MR) is 94.7 cm³/mol. The number of carbonyl (C=O) groups excluding carboxylic acids is 1. The molecule has 0 spiro atoms. The van der Waals surface area contributed by atoms with Crippen LogP contribution in [-0.2, 0) is 0 Å². The molecule has 0 aliphatic heterocycles. The highest BCUT2D eigenvalue weighted by atomic mass is 16.2. The lowest BCUT2D eigenvalue weighted by Crippen LogP contribution is -2.39. The number of hydrogen-bond donors (Lipinski definition) is 0. The Bertz CT molecular complexity index is 639. The summed E-state index contributed by atoms with van der Waals surface area (Å²) in [6, 6.07) is 19.0. The minimum atomic E-state index is 0.146. The molecule has 0 saturated heterocycles. The van der Waals surface area contributed by atoms with Crippen molar-refractivity contribution >= 4 is 5.91 Å². The van der Waals surface area contributed by atoms with Crippen LogP contribution in [0.25, 0.3) is 0 Å². The Hall–Kier alpha value is -2.09. The third-order valence-corrected chi connectivity index (χ3v) is 5.13. The van der Waals surface area contributed by atoms with E-state index in [0.29, 0.717) is 12.0 Å². The molecule has 1 amide bonds. The summed E-state index contributed by atoms with van der Waals surface area (Å²) in [6.07, 6.45) is 4.52. The highest BCUT2D eigenvalue weighted by Gasteiger charge is 2.27. The van der Waals surface area contributed by atoms with Gasteiger partial charge >= 0.3 is 0 Å². The van der Waals surface area contributed by atoms with E-state index in [0.717, 1.165) is 18.4 Å². The Morgan fingerprint density at radius 2 is 1.52 bits per heavy atom. The molecule has 3 rings (SSSR count). The second-order valence-corrected chi connectivity index (χ2v) is 6.70. The molecule has 1 saturated carbocycles. The first kappa shape index (κ1) is 15.8. The zero-order valence-corrected chi connectivity index (χ0v) is 14.0. The largest absolute Gasteiger partial charge is 0.339 e. The molecule has 1 aliphatic rings. The first-order chi connectivity index (χ1) is 11.1. The topological polar surface area (TPSA) is 20.3 Å². The summed E-state index contributed by atoms with van der Waals surface area (Å²) < 4.78 is 0. The first-order valence-corrected chi connectivity index (χ1v) is 8.54. The van der Waals surface area contributed by atoms with Gasteiger partial charge in [-0.05, 0) is 56.2 Å². The van der Waals surface area contributed by atoms with E-state index in [1.165, 1.54) is 24.0 Å². The third kappa shape index (κ3) is 3.64. The van der Waals surface area contributed by atoms with Gasteiger partial charge in [-0.15, -0.1) is 0 Å². The zero-order chi connectivity index (χ0) is 16.2. The van der Waals surface area contributed by atoms with Gasteiger partial charge in [0.25, 0.3) is 5.91 Å². The van der Waals surface area contributed by atoms with E-state index in [1.807, 2.05) is 43.1 Å². The standard InChI is InChI=1S/C21H25NO/c1-16-8-10-19(11-9-16)21(23)22(2)20-14-12-18(13-15-20)17-6-4-3-5-7-17/h3-11,18,20H,12-15H2,1-2H3. The maximum absolute atomic E-state index is 12.6. The minimum absolute atomic E-state index is 0.146. The Kier molecular flexibility index (Phi) is 4.80. The molecule has 23 heavy (non-hydrogen) atoms. The maximum atomic E-state index is 12.6. The van der Waals surface area contributed by atoms with Crippen LogP contribution in [0.2, 0.25) is 0 Å². The van der Waals surface area contributed by atoms with Gasteiger partial charge in [0.1, 0.15) is 0 Å². The lowest BCUT2D eigenvalue weighted by atomic mass is 9.81. The molecule has 2 aromatic carbocycles. The fourth-order valence-corrected chi connectivity index (χ4v) is 3.59. The van der Waals surface area contributed by atoms with Gasteiger partial charge in [-0.2, -0.15) is 0 Å². The van der Waals surface area contributed by atoms with Crippen molar-refractivity contribution in [3.05, 3.63) is 71.3 Å². The summed E-state index contributed by atoms with van der Waals surface area (Å²) in [5.74, 6) is 0.795. The zero-order valence-electron chi connectivity index (χ0n) is 14.0. The van der Waals surface area contributed by atoms with Crippen molar-refractivity contribution in [1.82, 2.24) is 4.90 Å². The molecule has 1 aliphatic carbocycles. The number of benzene rings is 2. The van der Waals surface area contributed by atoms with Crippen molar-refractivity contribution in [2.75, 3.05) is 7.05 Å². The van der Waals surface area contributed by atoms with E-state index in [2.05, 4.69) is 30.3 Å². The number of aryl methyl sites for hydroxylation is 1. The first-order valence-electron chi connectivity index (χ1n) is 8.54. The number of hydrogen-bond acceptors (Lipinski definition) is 1. The number of carbonyl (C=O) groups is 1. The van der Waals surface area contributed by atoms with Crippen molar-refractivity contribution in [1.29, 1.82) is 0 Å². The lowest BCUT2D eigenvalue weighted by molar-refractivity contribution is 0.0689. The monoisotopic (exact) mass is 307 g/mol. The minimum Gasteiger partial charge on any atom is -0.339 e. The number of amides is 1. The molecule has 0 heterocycles. The quantitative estimate of drug-likeness (QED) is 0.798. The molecular formula is C21H25NO. The summed E-state index contributed by atoms with van der Waals surface area (Å²) in [4.78, 5) is 14.6. The molecule has 0 N–H and O–H groups in total. The fraction of sp³-hybridized carbons (Fsp3) is 0.381. The average molecular weight is 307 g/mol. The third-order valence-electron chi connectivity index (χ3n) is 5.13. The van der Waals surface area contributed by atoms with E-state index in [-0.39, 0.29) is 5.91 Å². The lowest BCUT2D eigenvalue weighted by Gasteiger charge is -2.35. The molecule has 0 radical (unpaired) electrons. The summed E-state index contributed by atoms with van der Waals surface area (Å²) in [5, 5.41) is 0. The SMILES string of the molecule is Cc1ccc(C(=O)N(C)C2CCC(c3ccccc3)CC2)cc1. The van der Waals surface area contributed by atoms with Crippen LogP contribution in [0.4, 0.5) is 0 Å². The van der Waals surface area contributed by atoms with Crippen LogP contribution < -0.4 is 0 Å². The van der Waals surface area contributed by atoms with Crippen LogP contribution >= 0.6 is 0 Å². The molecule has 0 aromatic heterocycles. The van der Waals surface area contributed by atoms with Gasteiger partial charge < -0.3 is 4.90 Å². The van der Waals surface area contributed by atoms with E-state index < -0.39 is 0 Å². The van der Waals surface area contributed by atoms with Gasteiger partial charge in [0.2, 0.25) is 0 Å². The van der Waals surface area contributed by atoms with Crippen LogP contribution in [0.1, 0.15) is 53.1 Å². The predicted octanol–water partition coefficient (Wildman–Crippen LogP) is 4.79. The van der Waals surface area contributed by atoms with E-state index in [9.17, 15) is 4.79 Å². The molecule has 2 nitrogen and oxygen atoms in total. The second-order valence-electron chi connectivity index (χ2n) is 6.70. The Labute approximate surface area is 139 Å². The van der Waals surface area contributed by atoms with Crippen molar-refractivity contribution in [2.45, 2.75) is 44.6 Å². The normalized spacial score (nSPS) is 21.0. The molecule has 2 heteroatoms. The van der Waals surface area contributed by atoms with Crippen LogP contribution in [-0.4, -0.2) is 23.9 Å².